The molecular formula is C14H14BrN3O. The highest BCUT2D eigenvalue weighted by atomic mass is 79.9. The van der Waals surface area contributed by atoms with Crippen molar-refractivity contribution in [3.63, 3.8) is 0 Å². The van der Waals surface area contributed by atoms with Crippen molar-refractivity contribution in [3.8, 4) is 0 Å². The van der Waals surface area contributed by atoms with Gasteiger partial charge in [0.1, 0.15) is 0 Å². The molecule has 3 rings (SSSR count). The Morgan fingerprint density at radius 3 is 2.32 bits per heavy atom. The molecule has 4 nitrogen and oxygen atoms in total. The fourth-order valence-corrected chi connectivity index (χ4v) is 2.65. The molecule has 5 heteroatoms. The van der Waals surface area contributed by atoms with Gasteiger partial charge in [-0.3, -0.25) is 0 Å². The molecule has 2 N–H and O–H groups in total. The summed E-state index contributed by atoms with van der Waals surface area (Å²) in [4.78, 5) is 8.28. The van der Waals surface area contributed by atoms with Crippen molar-refractivity contribution in [2.45, 2.75) is 18.4 Å². The number of anilines is 1. The van der Waals surface area contributed by atoms with Crippen LogP contribution in [0.3, 0.4) is 0 Å². The number of fused-ring (bicyclic) bond motifs is 1. The molecule has 19 heavy (non-hydrogen) atoms. The Hall–Kier alpha value is -1.46. The summed E-state index contributed by atoms with van der Waals surface area (Å²) >= 11 is 3.29. The maximum Gasteiger partial charge on any atom is 0.222 e. The van der Waals surface area contributed by atoms with E-state index in [4.69, 9.17) is 0 Å². The van der Waals surface area contributed by atoms with Gasteiger partial charge in [0.05, 0.1) is 10.1 Å². The molecule has 0 radical (unpaired) electrons. The van der Waals surface area contributed by atoms with Crippen LogP contribution >= 0.6 is 15.9 Å². The van der Waals surface area contributed by atoms with Gasteiger partial charge in [-0.1, -0.05) is 24.3 Å². The average molecular weight is 320 g/mol. The fraction of sp³-hybridized carbons (Fsp3) is 0.286. The Balaban J connectivity index is 1.67. The largest absolute Gasteiger partial charge is 0.387 e. The van der Waals surface area contributed by atoms with Gasteiger partial charge in [0, 0.05) is 31.8 Å². The monoisotopic (exact) mass is 319 g/mol. The highest BCUT2D eigenvalue weighted by Crippen LogP contribution is 2.29. The van der Waals surface area contributed by atoms with E-state index in [1.54, 1.807) is 12.4 Å². The van der Waals surface area contributed by atoms with E-state index in [1.165, 1.54) is 11.1 Å². The van der Waals surface area contributed by atoms with Crippen LogP contribution in [0, 0.1) is 0 Å². The van der Waals surface area contributed by atoms with Crippen molar-refractivity contribution >= 4 is 21.9 Å². The van der Waals surface area contributed by atoms with E-state index in [9.17, 15) is 5.11 Å². The van der Waals surface area contributed by atoms with E-state index in [0.29, 0.717) is 25.3 Å². The van der Waals surface area contributed by atoms with Crippen molar-refractivity contribution in [2.24, 2.45) is 0 Å². The summed E-state index contributed by atoms with van der Waals surface area (Å²) in [6.07, 6.45) is 4.71. The maximum absolute atomic E-state index is 10.6. The predicted molar refractivity (Wildman–Crippen MR) is 77.0 cm³/mol. The van der Waals surface area contributed by atoms with E-state index in [-0.39, 0.29) is 0 Å². The summed E-state index contributed by atoms with van der Waals surface area (Å²) in [7, 11) is 0. The zero-order valence-corrected chi connectivity index (χ0v) is 11.9. The van der Waals surface area contributed by atoms with Gasteiger partial charge in [0.25, 0.3) is 0 Å². The van der Waals surface area contributed by atoms with Crippen LogP contribution in [0.4, 0.5) is 5.95 Å². The zero-order valence-electron chi connectivity index (χ0n) is 10.3. The third-order valence-electron chi connectivity index (χ3n) is 3.35. The number of nitrogens with one attached hydrogen (secondary N) is 1. The van der Waals surface area contributed by atoms with Crippen molar-refractivity contribution in [1.82, 2.24) is 9.97 Å². The second-order valence-corrected chi connectivity index (χ2v) is 5.84. The van der Waals surface area contributed by atoms with Crippen LogP contribution in [-0.4, -0.2) is 27.2 Å². The smallest absolute Gasteiger partial charge is 0.222 e. The van der Waals surface area contributed by atoms with Crippen LogP contribution < -0.4 is 5.32 Å². The highest BCUT2D eigenvalue weighted by Gasteiger charge is 2.34. The minimum absolute atomic E-state index is 0.448. The number of halogens is 1. The highest BCUT2D eigenvalue weighted by molar-refractivity contribution is 9.10. The van der Waals surface area contributed by atoms with Crippen molar-refractivity contribution < 1.29 is 5.11 Å². The lowest BCUT2D eigenvalue weighted by Crippen LogP contribution is -2.38. The summed E-state index contributed by atoms with van der Waals surface area (Å²) < 4.78 is 0.838. The normalized spacial score (nSPS) is 16.1. The second-order valence-electron chi connectivity index (χ2n) is 4.93. The predicted octanol–water partition coefficient (Wildman–Crippen LogP) is 2.18. The van der Waals surface area contributed by atoms with Gasteiger partial charge < -0.3 is 10.4 Å². The van der Waals surface area contributed by atoms with E-state index >= 15 is 0 Å². The van der Waals surface area contributed by atoms with E-state index < -0.39 is 5.60 Å². The quantitative estimate of drug-likeness (QED) is 0.910. The van der Waals surface area contributed by atoms with Crippen LogP contribution in [0.2, 0.25) is 0 Å². The van der Waals surface area contributed by atoms with Crippen molar-refractivity contribution in [2.75, 3.05) is 11.9 Å². The molecule has 0 atom stereocenters. The first-order chi connectivity index (χ1) is 9.15. The molecule has 98 valence electrons. The lowest BCUT2D eigenvalue weighted by molar-refractivity contribution is 0.0649. The van der Waals surface area contributed by atoms with E-state index in [0.717, 1.165) is 4.47 Å². The molecule has 1 aromatic heterocycles. The molecule has 0 aliphatic heterocycles. The maximum atomic E-state index is 10.6. The first kappa shape index (κ1) is 12.6. The summed E-state index contributed by atoms with van der Waals surface area (Å²) in [6, 6.07) is 8.17. The number of hydrogen-bond donors (Lipinski definition) is 2. The van der Waals surface area contributed by atoms with Crippen LogP contribution in [-0.2, 0) is 12.8 Å². The van der Waals surface area contributed by atoms with Gasteiger partial charge in [-0.05, 0) is 27.1 Å². The van der Waals surface area contributed by atoms with E-state index in [1.807, 2.05) is 12.1 Å². The summed E-state index contributed by atoms with van der Waals surface area (Å²) in [5, 5.41) is 13.7. The summed E-state index contributed by atoms with van der Waals surface area (Å²) in [6.45, 7) is 0.448. The van der Waals surface area contributed by atoms with Gasteiger partial charge in [0.15, 0.2) is 0 Å². The first-order valence-electron chi connectivity index (χ1n) is 6.15. The Kier molecular flexibility index (Phi) is 3.24. The average Bonchev–Trinajstić information content (AvgIpc) is 2.75. The molecule has 0 spiro atoms. The van der Waals surface area contributed by atoms with E-state index in [2.05, 4.69) is 43.3 Å². The fourth-order valence-electron chi connectivity index (χ4n) is 2.45. The molecule has 1 aliphatic carbocycles. The second kappa shape index (κ2) is 4.90. The third-order valence-corrected chi connectivity index (χ3v) is 3.76. The zero-order chi connectivity index (χ0) is 13.3. The number of hydrogen-bond acceptors (Lipinski definition) is 4. The Morgan fingerprint density at radius 1 is 1.16 bits per heavy atom. The number of rotatable bonds is 3. The third kappa shape index (κ3) is 2.77. The molecule has 1 aliphatic rings. The van der Waals surface area contributed by atoms with Gasteiger partial charge in [-0.25, -0.2) is 9.97 Å². The number of aliphatic hydroxyl groups is 1. The van der Waals surface area contributed by atoms with Gasteiger partial charge in [-0.2, -0.15) is 0 Å². The van der Waals surface area contributed by atoms with Crippen molar-refractivity contribution in [1.29, 1.82) is 0 Å². The lowest BCUT2D eigenvalue weighted by Gasteiger charge is -2.22. The molecule has 2 aromatic rings. The minimum atomic E-state index is -0.750. The Bertz CT molecular complexity index is 560. The molecule has 0 amide bonds. The number of benzene rings is 1. The van der Waals surface area contributed by atoms with Gasteiger partial charge >= 0.3 is 0 Å². The summed E-state index contributed by atoms with van der Waals surface area (Å²) in [5.74, 6) is 0.535. The molecule has 0 bridgehead atoms. The summed E-state index contributed by atoms with van der Waals surface area (Å²) in [5.41, 5.74) is 1.70. The van der Waals surface area contributed by atoms with Gasteiger partial charge in [0.2, 0.25) is 5.95 Å². The molecule has 0 fully saturated rings. The van der Waals surface area contributed by atoms with Crippen molar-refractivity contribution in [3.05, 3.63) is 52.3 Å². The van der Waals surface area contributed by atoms with Crippen LogP contribution in [0.5, 0.6) is 0 Å². The number of nitrogens with zero attached hydrogens (tertiary/aromatic N) is 2. The molecule has 0 unspecified atom stereocenters. The number of aromatic nitrogens is 2. The Labute approximate surface area is 120 Å². The van der Waals surface area contributed by atoms with Crippen LogP contribution in [0.1, 0.15) is 11.1 Å². The lowest BCUT2D eigenvalue weighted by atomic mass is 10.0. The standard InChI is InChI=1S/C14H14BrN3O/c15-12-7-16-13(17-8-12)18-9-14(19)5-10-3-1-2-4-11(10)6-14/h1-4,7-8,19H,5-6,9H2,(H,16,17,18). The van der Waals surface area contributed by atoms with Crippen LogP contribution in [0.25, 0.3) is 0 Å². The Morgan fingerprint density at radius 2 is 1.74 bits per heavy atom. The molecule has 1 aromatic carbocycles. The first-order valence-corrected chi connectivity index (χ1v) is 6.95. The van der Waals surface area contributed by atoms with Crippen LogP contribution in [0.15, 0.2) is 41.1 Å². The molecular weight excluding hydrogens is 306 g/mol. The minimum Gasteiger partial charge on any atom is -0.387 e. The topological polar surface area (TPSA) is 58.0 Å². The molecule has 1 heterocycles. The molecule has 0 saturated heterocycles. The van der Waals surface area contributed by atoms with Gasteiger partial charge in [-0.15, -0.1) is 0 Å². The SMILES string of the molecule is OC1(CNc2ncc(Br)cn2)Cc2ccccc2C1. The molecule has 0 saturated carbocycles.